The van der Waals surface area contributed by atoms with Crippen LogP contribution >= 0.6 is 0 Å². The lowest BCUT2D eigenvalue weighted by Gasteiger charge is -2.23. The molecule has 1 aliphatic rings. The van der Waals surface area contributed by atoms with Gasteiger partial charge in [-0.15, -0.1) is 0 Å². The van der Waals surface area contributed by atoms with Gasteiger partial charge in [-0.2, -0.15) is 0 Å². The second kappa shape index (κ2) is 3.93. The molecule has 1 aromatic carbocycles. The molecule has 0 fully saturated rings. The Morgan fingerprint density at radius 1 is 1.23 bits per heavy atom. The van der Waals surface area contributed by atoms with Crippen molar-refractivity contribution in [2.75, 3.05) is 6.61 Å². The third-order valence-corrected chi connectivity index (χ3v) is 2.99. The molecule has 1 nitrogen and oxygen atoms in total. The van der Waals surface area contributed by atoms with E-state index < -0.39 is 0 Å². The monoisotopic (exact) mass is 176 g/mol. The smallest absolute Gasteiger partial charge is 0.0433 e. The molecule has 1 aromatic rings. The number of hydrogen-bond acceptors (Lipinski definition) is 1. The molecule has 2 rings (SSSR count). The first-order valence-corrected chi connectivity index (χ1v) is 5.08. The highest BCUT2D eigenvalue weighted by atomic mass is 16.3. The lowest BCUT2D eigenvalue weighted by atomic mass is 9.82. The molecule has 0 saturated carbocycles. The molecule has 0 saturated heterocycles. The highest BCUT2D eigenvalue weighted by Gasteiger charge is 2.16. The molecule has 70 valence electrons. The van der Waals surface area contributed by atoms with Crippen molar-refractivity contribution in [1.29, 1.82) is 0 Å². The van der Waals surface area contributed by atoms with Gasteiger partial charge in [0.1, 0.15) is 0 Å². The number of aryl methyl sites for hydroxylation is 1. The van der Waals surface area contributed by atoms with Crippen molar-refractivity contribution in [3.63, 3.8) is 0 Å². The Balaban J connectivity index is 2.11. The fourth-order valence-corrected chi connectivity index (χ4v) is 2.20. The van der Waals surface area contributed by atoms with Gasteiger partial charge in [-0.3, -0.25) is 0 Å². The molecule has 0 radical (unpaired) electrons. The van der Waals surface area contributed by atoms with Crippen molar-refractivity contribution >= 4 is 0 Å². The Kier molecular flexibility index (Phi) is 2.65. The minimum Gasteiger partial charge on any atom is -0.396 e. The van der Waals surface area contributed by atoms with Crippen LogP contribution in [0.15, 0.2) is 24.3 Å². The average Bonchev–Trinajstić information content (AvgIpc) is 2.18. The van der Waals surface area contributed by atoms with Crippen LogP contribution in [0.25, 0.3) is 0 Å². The summed E-state index contributed by atoms with van der Waals surface area (Å²) in [7, 11) is 0. The molecular weight excluding hydrogens is 160 g/mol. The van der Waals surface area contributed by atoms with Gasteiger partial charge in [0.25, 0.3) is 0 Å². The van der Waals surface area contributed by atoms with Crippen molar-refractivity contribution in [3.8, 4) is 0 Å². The number of fused-ring (bicyclic) bond motifs is 1. The predicted molar refractivity (Wildman–Crippen MR) is 53.7 cm³/mol. The molecular formula is C12H16O. The molecule has 1 heteroatoms. The number of benzene rings is 1. The van der Waals surface area contributed by atoms with E-state index in [1.165, 1.54) is 24.0 Å². The number of rotatable bonds is 2. The van der Waals surface area contributed by atoms with Crippen LogP contribution in [0.5, 0.6) is 0 Å². The van der Waals surface area contributed by atoms with Gasteiger partial charge >= 0.3 is 0 Å². The quantitative estimate of drug-likeness (QED) is 0.732. The van der Waals surface area contributed by atoms with Gasteiger partial charge in [-0.1, -0.05) is 24.3 Å². The van der Waals surface area contributed by atoms with Crippen molar-refractivity contribution < 1.29 is 5.11 Å². The first-order chi connectivity index (χ1) is 6.40. The summed E-state index contributed by atoms with van der Waals surface area (Å²) < 4.78 is 0. The molecule has 1 aliphatic carbocycles. The number of aliphatic hydroxyl groups excluding tert-OH is 1. The second-order valence-corrected chi connectivity index (χ2v) is 3.89. The zero-order valence-electron chi connectivity index (χ0n) is 7.87. The highest BCUT2D eigenvalue weighted by molar-refractivity contribution is 5.29. The van der Waals surface area contributed by atoms with Crippen LogP contribution in [-0.4, -0.2) is 11.7 Å². The SMILES string of the molecule is OCCC1CCc2ccccc2C1. The fraction of sp³-hybridized carbons (Fsp3) is 0.500. The molecule has 0 heterocycles. The predicted octanol–water partition coefficient (Wildman–Crippen LogP) is 2.17. The Hall–Kier alpha value is -0.820. The van der Waals surface area contributed by atoms with Gasteiger partial charge < -0.3 is 5.11 Å². The summed E-state index contributed by atoms with van der Waals surface area (Å²) in [4.78, 5) is 0. The Labute approximate surface area is 79.4 Å². The third-order valence-electron chi connectivity index (χ3n) is 2.99. The van der Waals surface area contributed by atoms with Gasteiger partial charge in [-0.05, 0) is 42.7 Å². The van der Waals surface area contributed by atoms with E-state index in [4.69, 9.17) is 5.11 Å². The van der Waals surface area contributed by atoms with E-state index in [0.717, 1.165) is 12.8 Å². The molecule has 1 unspecified atom stereocenters. The van der Waals surface area contributed by atoms with Crippen molar-refractivity contribution in [1.82, 2.24) is 0 Å². The van der Waals surface area contributed by atoms with Gasteiger partial charge in [-0.25, -0.2) is 0 Å². The lowest BCUT2D eigenvalue weighted by Crippen LogP contribution is -2.15. The Bertz CT molecular complexity index is 280. The minimum absolute atomic E-state index is 0.340. The van der Waals surface area contributed by atoms with E-state index in [0.29, 0.717) is 12.5 Å². The Morgan fingerprint density at radius 3 is 2.77 bits per heavy atom. The van der Waals surface area contributed by atoms with E-state index in [2.05, 4.69) is 24.3 Å². The van der Waals surface area contributed by atoms with E-state index in [1.807, 2.05) is 0 Å². The molecule has 0 aromatic heterocycles. The van der Waals surface area contributed by atoms with Crippen LogP contribution in [0, 0.1) is 5.92 Å². The molecule has 0 bridgehead atoms. The van der Waals surface area contributed by atoms with Crippen LogP contribution in [0.1, 0.15) is 24.0 Å². The molecule has 0 amide bonds. The summed E-state index contributed by atoms with van der Waals surface area (Å²) in [5.74, 6) is 0.708. The second-order valence-electron chi connectivity index (χ2n) is 3.89. The van der Waals surface area contributed by atoms with Gasteiger partial charge in [0.05, 0.1) is 0 Å². The van der Waals surface area contributed by atoms with Crippen LogP contribution in [0.3, 0.4) is 0 Å². The molecule has 1 N–H and O–H groups in total. The maximum absolute atomic E-state index is 8.87. The topological polar surface area (TPSA) is 20.2 Å². The fourth-order valence-electron chi connectivity index (χ4n) is 2.20. The maximum atomic E-state index is 8.87. The summed E-state index contributed by atoms with van der Waals surface area (Å²) in [5.41, 5.74) is 3.00. The van der Waals surface area contributed by atoms with Gasteiger partial charge in [0, 0.05) is 6.61 Å². The van der Waals surface area contributed by atoms with Crippen LogP contribution in [0.2, 0.25) is 0 Å². The summed E-state index contributed by atoms with van der Waals surface area (Å²) in [6.07, 6.45) is 4.57. The summed E-state index contributed by atoms with van der Waals surface area (Å²) in [6, 6.07) is 8.68. The first kappa shape index (κ1) is 8.76. The van der Waals surface area contributed by atoms with Gasteiger partial charge in [0.2, 0.25) is 0 Å². The number of hydrogen-bond donors (Lipinski definition) is 1. The van der Waals surface area contributed by atoms with Crippen LogP contribution in [0.4, 0.5) is 0 Å². The third kappa shape index (κ3) is 1.92. The normalized spacial score (nSPS) is 21.2. The van der Waals surface area contributed by atoms with E-state index >= 15 is 0 Å². The molecule has 0 spiro atoms. The molecule has 13 heavy (non-hydrogen) atoms. The summed E-state index contributed by atoms with van der Waals surface area (Å²) >= 11 is 0. The van der Waals surface area contributed by atoms with Crippen LogP contribution < -0.4 is 0 Å². The number of aliphatic hydroxyl groups is 1. The average molecular weight is 176 g/mol. The molecule has 1 atom stereocenters. The summed E-state index contributed by atoms with van der Waals surface area (Å²) in [6.45, 7) is 0.340. The maximum Gasteiger partial charge on any atom is 0.0433 e. The van der Waals surface area contributed by atoms with Gasteiger partial charge in [0.15, 0.2) is 0 Å². The van der Waals surface area contributed by atoms with Crippen LogP contribution in [-0.2, 0) is 12.8 Å². The zero-order chi connectivity index (χ0) is 9.10. The highest BCUT2D eigenvalue weighted by Crippen LogP contribution is 2.26. The van der Waals surface area contributed by atoms with E-state index in [9.17, 15) is 0 Å². The van der Waals surface area contributed by atoms with E-state index in [1.54, 1.807) is 0 Å². The van der Waals surface area contributed by atoms with Crippen molar-refractivity contribution in [2.24, 2.45) is 5.92 Å². The molecule has 0 aliphatic heterocycles. The Morgan fingerprint density at radius 2 is 2.00 bits per heavy atom. The largest absolute Gasteiger partial charge is 0.396 e. The zero-order valence-corrected chi connectivity index (χ0v) is 7.87. The van der Waals surface area contributed by atoms with Crippen molar-refractivity contribution in [3.05, 3.63) is 35.4 Å². The standard InChI is InChI=1S/C12H16O/c13-8-7-10-5-6-11-3-1-2-4-12(11)9-10/h1-4,10,13H,5-9H2. The first-order valence-electron chi connectivity index (χ1n) is 5.08. The van der Waals surface area contributed by atoms with E-state index in [-0.39, 0.29) is 0 Å². The lowest BCUT2D eigenvalue weighted by molar-refractivity contribution is 0.248. The van der Waals surface area contributed by atoms with Crippen molar-refractivity contribution in [2.45, 2.75) is 25.7 Å². The minimum atomic E-state index is 0.340. The summed E-state index contributed by atoms with van der Waals surface area (Å²) in [5, 5.41) is 8.87.